The van der Waals surface area contributed by atoms with Crippen LogP contribution in [0.4, 0.5) is 0 Å². The fraction of sp³-hybridized carbons (Fsp3) is 0.583. The van der Waals surface area contributed by atoms with E-state index in [2.05, 4.69) is 31.9 Å². The van der Waals surface area contributed by atoms with Gasteiger partial charge in [0.05, 0.1) is 11.8 Å². The summed E-state index contributed by atoms with van der Waals surface area (Å²) in [6, 6.07) is 6.01. The summed E-state index contributed by atoms with van der Waals surface area (Å²) >= 11 is 7.36. The van der Waals surface area contributed by atoms with Crippen molar-refractivity contribution in [1.82, 2.24) is 4.90 Å². The summed E-state index contributed by atoms with van der Waals surface area (Å²) in [5.41, 5.74) is 1.48. The van der Waals surface area contributed by atoms with Crippen molar-refractivity contribution < 1.29 is 23.9 Å². The molecule has 7 atom stereocenters. The van der Waals surface area contributed by atoms with E-state index < -0.39 is 18.6 Å². The molecule has 172 valence electrons. The summed E-state index contributed by atoms with van der Waals surface area (Å²) in [4.78, 5) is 53.6. The average molecular weight is 569 g/mol. The fourth-order valence-electron chi connectivity index (χ4n) is 5.49. The Kier molecular flexibility index (Phi) is 6.65. The number of ketones is 1. The normalized spacial score (nSPS) is 31.9. The molecule has 0 unspecified atom stereocenters. The van der Waals surface area contributed by atoms with E-state index in [0.29, 0.717) is 12.0 Å². The van der Waals surface area contributed by atoms with Gasteiger partial charge in [-0.05, 0) is 37.5 Å². The Morgan fingerprint density at radius 3 is 2.06 bits per heavy atom. The van der Waals surface area contributed by atoms with Crippen LogP contribution in [0.3, 0.4) is 0 Å². The first kappa shape index (κ1) is 23.6. The molecule has 2 bridgehead atoms. The van der Waals surface area contributed by atoms with Crippen molar-refractivity contribution in [2.45, 2.75) is 49.3 Å². The number of rotatable bonds is 7. The van der Waals surface area contributed by atoms with E-state index in [1.54, 1.807) is 12.1 Å². The Bertz CT molecular complexity index is 914. The molecule has 32 heavy (non-hydrogen) atoms. The molecular weight excluding hydrogens is 542 g/mol. The molecule has 0 aromatic heterocycles. The molecule has 1 aromatic carbocycles. The van der Waals surface area contributed by atoms with Crippen LogP contribution in [0.2, 0.25) is 0 Å². The number of likely N-dealkylation sites (tertiary alicyclic amines) is 1. The van der Waals surface area contributed by atoms with Crippen LogP contribution in [0.5, 0.6) is 0 Å². The zero-order valence-corrected chi connectivity index (χ0v) is 21.5. The van der Waals surface area contributed by atoms with Crippen LogP contribution < -0.4 is 0 Å². The highest BCUT2D eigenvalue weighted by atomic mass is 79.9. The van der Waals surface area contributed by atoms with Crippen molar-refractivity contribution in [2.24, 2.45) is 29.6 Å². The molecule has 0 spiro atoms. The molecular formula is C24H27Br2NO5. The smallest absolute Gasteiger partial charge is 0.329 e. The number of amides is 2. The van der Waals surface area contributed by atoms with E-state index in [1.165, 1.54) is 0 Å². The van der Waals surface area contributed by atoms with Crippen molar-refractivity contribution >= 4 is 55.4 Å². The molecule has 2 saturated carbocycles. The maximum atomic E-state index is 13.4. The van der Waals surface area contributed by atoms with Crippen LogP contribution in [-0.4, -0.2) is 50.8 Å². The lowest BCUT2D eigenvalue weighted by molar-refractivity contribution is -0.159. The highest BCUT2D eigenvalue weighted by molar-refractivity contribution is 9.12. The Labute approximate surface area is 204 Å². The molecule has 0 radical (unpaired) electrons. The lowest BCUT2D eigenvalue weighted by atomic mass is 9.81. The summed E-state index contributed by atoms with van der Waals surface area (Å²) in [7, 11) is 0. The first-order valence-electron chi connectivity index (χ1n) is 11.0. The number of fused-ring (bicyclic) bond motifs is 5. The third kappa shape index (κ3) is 3.98. The standard InChI is InChI=1S/C24H27Br2NO5/c1-11(2)8-16(24(31)32-10-17(28)13-6-4-12(3)5-7-13)27-22(29)18-14-9-15(19(18)23(27)30)21(26)20(14)25/h4-7,11,14-16,18-21H,8-10H2,1-3H3/t14-,15-,16+,18-,19+,20+,21+/m1/s1. The molecule has 1 saturated heterocycles. The number of alkyl halides is 2. The molecule has 8 heteroatoms. The van der Waals surface area contributed by atoms with E-state index in [0.717, 1.165) is 16.9 Å². The molecule has 1 aliphatic heterocycles. The minimum Gasteiger partial charge on any atom is -0.456 e. The van der Waals surface area contributed by atoms with Gasteiger partial charge in [-0.3, -0.25) is 19.3 Å². The van der Waals surface area contributed by atoms with Gasteiger partial charge in [0, 0.05) is 15.2 Å². The SMILES string of the molecule is Cc1ccc(C(=O)COC(=O)[C@H](CC(C)C)N2C(=O)[C@@H]3[C@H]4C[C@@H]([C@H](Br)[C@H]4Br)[C@@H]3C2=O)cc1. The highest BCUT2D eigenvalue weighted by Gasteiger charge is 2.67. The molecule has 6 nitrogen and oxygen atoms in total. The Balaban J connectivity index is 1.50. The number of imide groups is 1. The van der Waals surface area contributed by atoms with E-state index in [-0.39, 0.29) is 56.8 Å². The molecule has 2 aliphatic carbocycles. The number of halogens is 2. The predicted octanol–water partition coefficient (Wildman–Crippen LogP) is 3.91. The Morgan fingerprint density at radius 1 is 1.03 bits per heavy atom. The van der Waals surface area contributed by atoms with Crippen LogP contribution in [0.1, 0.15) is 42.6 Å². The number of nitrogens with zero attached hydrogens (tertiary/aromatic N) is 1. The number of benzene rings is 1. The summed E-state index contributed by atoms with van der Waals surface area (Å²) in [6.07, 6.45) is 1.14. The van der Waals surface area contributed by atoms with Gasteiger partial charge in [0.1, 0.15) is 6.04 Å². The van der Waals surface area contributed by atoms with Gasteiger partial charge in [0.15, 0.2) is 12.4 Å². The first-order chi connectivity index (χ1) is 15.1. The monoisotopic (exact) mass is 567 g/mol. The Morgan fingerprint density at radius 2 is 1.56 bits per heavy atom. The molecule has 1 aromatic rings. The zero-order chi connectivity index (χ0) is 23.3. The number of hydrogen-bond donors (Lipinski definition) is 0. The average Bonchev–Trinajstić information content (AvgIpc) is 3.35. The van der Waals surface area contributed by atoms with Crippen LogP contribution >= 0.6 is 31.9 Å². The zero-order valence-electron chi connectivity index (χ0n) is 18.3. The number of carbonyl (C=O) groups is 4. The van der Waals surface area contributed by atoms with Gasteiger partial charge in [-0.2, -0.15) is 0 Å². The van der Waals surface area contributed by atoms with E-state index in [1.807, 2.05) is 32.9 Å². The molecule has 3 fully saturated rings. The predicted molar refractivity (Wildman–Crippen MR) is 126 cm³/mol. The second kappa shape index (κ2) is 9.01. The number of aryl methyl sites for hydroxylation is 1. The summed E-state index contributed by atoms with van der Waals surface area (Å²) in [6.45, 7) is 5.36. The van der Waals surface area contributed by atoms with Crippen molar-refractivity contribution in [3.8, 4) is 0 Å². The second-order valence-corrected chi connectivity index (χ2v) is 11.7. The van der Waals surface area contributed by atoms with Crippen molar-refractivity contribution in [3.05, 3.63) is 35.4 Å². The first-order valence-corrected chi connectivity index (χ1v) is 12.9. The van der Waals surface area contributed by atoms with Crippen molar-refractivity contribution in [2.75, 3.05) is 6.61 Å². The molecule has 2 amide bonds. The quantitative estimate of drug-likeness (QED) is 0.216. The lowest BCUT2D eigenvalue weighted by Gasteiger charge is -2.28. The number of carbonyl (C=O) groups excluding carboxylic acids is 4. The highest BCUT2D eigenvalue weighted by Crippen LogP contribution is 2.60. The van der Waals surface area contributed by atoms with Gasteiger partial charge in [-0.15, -0.1) is 0 Å². The van der Waals surface area contributed by atoms with E-state index in [4.69, 9.17) is 4.74 Å². The van der Waals surface area contributed by atoms with Crippen LogP contribution in [-0.2, 0) is 19.1 Å². The molecule has 0 N–H and O–H groups in total. The molecule has 1 heterocycles. The second-order valence-electron chi connectivity index (χ2n) is 9.59. The van der Waals surface area contributed by atoms with Gasteiger partial charge in [-0.1, -0.05) is 75.5 Å². The minimum atomic E-state index is -1.01. The molecule has 4 rings (SSSR count). The largest absolute Gasteiger partial charge is 0.456 e. The van der Waals surface area contributed by atoms with Gasteiger partial charge >= 0.3 is 5.97 Å². The van der Waals surface area contributed by atoms with E-state index >= 15 is 0 Å². The molecule has 3 aliphatic rings. The topological polar surface area (TPSA) is 80.8 Å². The number of hydrogen-bond acceptors (Lipinski definition) is 5. The Hall–Kier alpha value is -1.54. The van der Waals surface area contributed by atoms with Gasteiger partial charge in [-0.25, -0.2) is 4.79 Å². The minimum absolute atomic E-state index is 0.0611. The van der Waals surface area contributed by atoms with Crippen LogP contribution in [0, 0.1) is 36.5 Å². The third-order valence-corrected chi connectivity index (χ3v) is 10.2. The number of ether oxygens (including phenoxy) is 1. The van der Waals surface area contributed by atoms with Gasteiger partial charge < -0.3 is 4.74 Å². The van der Waals surface area contributed by atoms with Crippen molar-refractivity contribution in [1.29, 1.82) is 0 Å². The summed E-state index contributed by atoms with van der Waals surface area (Å²) in [5, 5.41) is 0. The fourth-order valence-corrected chi connectivity index (χ4v) is 7.36. The van der Waals surface area contributed by atoms with Crippen molar-refractivity contribution in [3.63, 3.8) is 0 Å². The van der Waals surface area contributed by atoms with E-state index in [9.17, 15) is 19.2 Å². The van der Waals surface area contributed by atoms with Crippen LogP contribution in [0.25, 0.3) is 0 Å². The third-order valence-electron chi connectivity index (χ3n) is 7.02. The maximum Gasteiger partial charge on any atom is 0.329 e. The summed E-state index contributed by atoms with van der Waals surface area (Å²) in [5.74, 6) is -2.12. The lowest BCUT2D eigenvalue weighted by Crippen LogP contribution is -2.48. The summed E-state index contributed by atoms with van der Waals surface area (Å²) < 4.78 is 5.34. The maximum absolute atomic E-state index is 13.4. The number of Topliss-reactive ketones (excluding diaryl/α,β-unsaturated/α-hetero) is 1. The van der Waals surface area contributed by atoms with Crippen LogP contribution in [0.15, 0.2) is 24.3 Å². The van der Waals surface area contributed by atoms with Gasteiger partial charge in [0.2, 0.25) is 11.8 Å². The number of esters is 1. The van der Waals surface area contributed by atoms with Gasteiger partial charge in [0.25, 0.3) is 0 Å².